The Morgan fingerprint density at radius 1 is 1.14 bits per heavy atom. The summed E-state index contributed by atoms with van der Waals surface area (Å²) < 4.78 is 5.08. The lowest BCUT2D eigenvalue weighted by molar-refractivity contribution is 0.398. The zero-order chi connectivity index (χ0) is 15.1. The monoisotopic (exact) mass is 286 g/mol. The molecular formula is C16H22N4O. The van der Waals surface area contributed by atoms with Crippen molar-refractivity contribution in [2.45, 2.75) is 33.1 Å². The van der Waals surface area contributed by atoms with Gasteiger partial charge in [0.05, 0.1) is 7.11 Å². The molecule has 0 spiro atoms. The van der Waals surface area contributed by atoms with E-state index in [0.717, 1.165) is 42.9 Å². The van der Waals surface area contributed by atoms with Crippen LogP contribution in [0.2, 0.25) is 0 Å². The lowest BCUT2D eigenvalue weighted by Gasteiger charge is -2.09. The first-order valence-electron chi connectivity index (χ1n) is 7.39. The van der Waals surface area contributed by atoms with Crippen molar-refractivity contribution >= 4 is 5.82 Å². The number of anilines is 1. The Bertz CT molecular complexity index is 569. The zero-order valence-corrected chi connectivity index (χ0v) is 12.9. The van der Waals surface area contributed by atoms with Crippen LogP contribution in [0.1, 0.15) is 32.4 Å². The average molecular weight is 286 g/mol. The summed E-state index contributed by atoms with van der Waals surface area (Å²) in [4.78, 5) is 13.4. The Morgan fingerprint density at radius 2 is 2.00 bits per heavy atom. The molecule has 0 saturated carbocycles. The standard InChI is InChI=1S/C16H22N4O/c1-4-6-13-10-14(17-9-5-2)20-16(19-13)12-7-8-15(21-3)18-11-12/h7-8,10-11H,4-6,9H2,1-3H3,(H,17,19,20). The van der Waals surface area contributed by atoms with Crippen molar-refractivity contribution in [3.63, 3.8) is 0 Å². The number of methoxy groups -OCH3 is 1. The maximum Gasteiger partial charge on any atom is 0.212 e. The fraction of sp³-hybridized carbons (Fsp3) is 0.438. The van der Waals surface area contributed by atoms with Gasteiger partial charge in [0.1, 0.15) is 5.82 Å². The number of hydrogen-bond acceptors (Lipinski definition) is 5. The summed E-state index contributed by atoms with van der Waals surface area (Å²) in [6, 6.07) is 5.78. The molecule has 21 heavy (non-hydrogen) atoms. The fourth-order valence-corrected chi connectivity index (χ4v) is 1.99. The summed E-state index contributed by atoms with van der Waals surface area (Å²) in [6.07, 6.45) is 4.81. The van der Waals surface area contributed by atoms with Gasteiger partial charge in [-0.3, -0.25) is 0 Å². The predicted molar refractivity (Wildman–Crippen MR) is 84.6 cm³/mol. The van der Waals surface area contributed by atoms with Crippen LogP contribution in [-0.4, -0.2) is 28.6 Å². The molecule has 112 valence electrons. The Kier molecular flexibility index (Phi) is 5.49. The predicted octanol–water partition coefficient (Wildman–Crippen LogP) is 3.32. The first kappa shape index (κ1) is 15.2. The van der Waals surface area contributed by atoms with Crippen LogP contribution >= 0.6 is 0 Å². The van der Waals surface area contributed by atoms with Gasteiger partial charge in [-0.15, -0.1) is 0 Å². The van der Waals surface area contributed by atoms with Gasteiger partial charge in [0.2, 0.25) is 5.88 Å². The van der Waals surface area contributed by atoms with Crippen LogP contribution in [0.25, 0.3) is 11.4 Å². The van der Waals surface area contributed by atoms with Gasteiger partial charge in [0, 0.05) is 36.1 Å². The molecule has 0 radical (unpaired) electrons. The third-order valence-corrected chi connectivity index (χ3v) is 3.05. The van der Waals surface area contributed by atoms with E-state index in [9.17, 15) is 0 Å². The molecule has 5 heteroatoms. The summed E-state index contributed by atoms with van der Waals surface area (Å²) in [5.74, 6) is 2.17. The van der Waals surface area contributed by atoms with Crippen molar-refractivity contribution in [2.24, 2.45) is 0 Å². The number of aromatic nitrogens is 3. The van der Waals surface area contributed by atoms with Gasteiger partial charge in [0.15, 0.2) is 5.82 Å². The minimum absolute atomic E-state index is 0.591. The highest BCUT2D eigenvalue weighted by Crippen LogP contribution is 2.19. The SMILES string of the molecule is CCCNc1cc(CCC)nc(-c2ccc(OC)nc2)n1. The van der Waals surface area contributed by atoms with Crippen molar-refractivity contribution in [3.8, 4) is 17.3 Å². The summed E-state index contributed by atoms with van der Waals surface area (Å²) in [5, 5.41) is 3.33. The van der Waals surface area contributed by atoms with Gasteiger partial charge in [-0.2, -0.15) is 0 Å². The molecule has 2 rings (SSSR count). The molecule has 0 unspecified atom stereocenters. The molecule has 0 atom stereocenters. The number of nitrogens with zero attached hydrogens (tertiary/aromatic N) is 3. The third kappa shape index (κ3) is 4.15. The summed E-state index contributed by atoms with van der Waals surface area (Å²) in [7, 11) is 1.60. The van der Waals surface area contributed by atoms with Crippen LogP contribution in [0.3, 0.4) is 0 Å². The minimum Gasteiger partial charge on any atom is -0.481 e. The second-order valence-corrected chi connectivity index (χ2v) is 4.83. The largest absolute Gasteiger partial charge is 0.481 e. The number of hydrogen-bond donors (Lipinski definition) is 1. The molecule has 1 N–H and O–H groups in total. The van der Waals surface area contributed by atoms with E-state index >= 15 is 0 Å². The van der Waals surface area contributed by atoms with Gasteiger partial charge in [-0.05, 0) is 18.9 Å². The Balaban J connectivity index is 2.32. The number of pyridine rings is 1. The van der Waals surface area contributed by atoms with E-state index in [2.05, 4.69) is 34.1 Å². The first-order chi connectivity index (χ1) is 10.3. The topological polar surface area (TPSA) is 59.9 Å². The van der Waals surface area contributed by atoms with Crippen LogP contribution in [0.4, 0.5) is 5.82 Å². The van der Waals surface area contributed by atoms with Crippen molar-refractivity contribution in [2.75, 3.05) is 19.0 Å². The second-order valence-electron chi connectivity index (χ2n) is 4.83. The average Bonchev–Trinajstić information content (AvgIpc) is 2.53. The van der Waals surface area contributed by atoms with E-state index in [-0.39, 0.29) is 0 Å². The molecule has 5 nitrogen and oxygen atoms in total. The molecule has 0 fully saturated rings. The van der Waals surface area contributed by atoms with Gasteiger partial charge in [-0.25, -0.2) is 15.0 Å². The van der Waals surface area contributed by atoms with Gasteiger partial charge >= 0.3 is 0 Å². The molecule has 2 heterocycles. The van der Waals surface area contributed by atoms with E-state index in [1.807, 2.05) is 18.2 Å². The molecule has 0 aromatic carbocycles. The smallest absolute Gasteiger partial charge is 0.212 e. The van der Waals surface area contributed by atoms with E-state index < -0.39 is 0 Å². The summed E-state index contributed by atoms with van der Waals surface area (Å²) >= 11 is 0. The van der Waals surface area contributed by atoms with E-state index in [0.29, 0.717) is 11.7 Å². The van der Waals surface area contributed by atoms with E-state index in [1.165, 1.54) is 0 Å². The van der Waals surface area contributed by atoms with Gasteiger partial charge < -0.3 is 10.1 Å². The zero-order valence-electron chi connectivity index (χ0n) is 12.9. The normalized spacial score (nSPS) is 10.4. The first-order valence-corrected chi connectivity index (χ1v) is 7.39. The second kappa shape index (κ2) is 7.57. The number of rotatable bonds is 7. The van der Waals surface area contributed by atoms with Crippen LogP contribution < -0.4 is 10.1 Å². The van der Waals surface area contributed by atoms with E-state index in [1.54, 1.807) is 13.3 Å². The fourth-order valence-electron chi connectivity index (χ4n) is 1.99. The molecule has 0 saturated heterocycles. The van der Waals surface area contributed by atoms with Crippen molar-refractivity contribution in [1.82, 2.24) is 15.0 Å². The molecule has 0 aliphatic heterocycles. The third-order valence-electron chi connectivity index (χ3n) is 3.05. The van der Waals surface area contributed by atoms with Crippen LogP contribution in [0, 0.1) is 0 Å². The van der Waals surface area contributed by atoms with Crippen molar-refractivity contribution in [1.29, 1.82) is 0 Å². The summed E-state index contributed by atoms with van der Waals surface area (Å²) in [5.41, 5.74) is 1.95. The summed E-state index contributed by atoms with van der Waals surface area (Å²) in [6.45, 7) is 5.19. The Morgan fingerprint density at radius 3 is 2.62 bits per heavy atom. The minimum atomic E-state index is 0.591. The molecule has 2 aromatic rings. The van der Waals surface area contributed by atoms with Gasteiger partial charge in [0.25, 0.3) is 0 Å². The molecule has 0 bridgehead atoms. The van der Waals surface area contributed by atoms with Gasteiger partial charge in [-0.1, -0.05) is 20.3 Å². The number of aryl methyl sites for hydroxylation is 1. The van der Waals surface area contributed by atoms with Crippen LogP contribution in [0.15, 0.2) is 24.4 Å². The molecule has 0 aliphatic rings. The van der Waals surface area contributed by atoms with Crippen LogP contribution in [0.5, 0.6) is 5.88 Å². The highest BCUT2D eigenvalue weighted by Gasteiger charge is 2.07. The molecule has 0 aliphatic carbocycles. The quantitative estimate of drug-likeness (QED) is 0.846. The molecule has 0 amide bonds. The highest BCUT2D eigenvalue weighted by molar-refractivity contribution is 5.57. The maximum atomic E-state index is 5.08. The maximum absolute atomic E-state index is 5.08. The Labute approximate surface area is 125 Å². The van der Waals surface area contributed by atoms with E-state index in [4.69, 9.17) is 4.74 Å². The lowest BCUT2D eigenvalue weighted by Crippen LogP contribution is -2.05. The van der Waals surface area contributed by atoms with Crippen LogP contribution in [-0.2, 0) is 6.42 Å². The Hall–Kier alpha value is -2.17. The van der Waals surface area contributed by atoms with Crippen molar-refractivity contribution < 1.29 is 4.74 Å². The lowest BCUT2D eigenvalue weighted by atomic mass is 10.2. The number of nitrogens with one attached hydrogen (secondary N) is 1. The van der Waals surface area contributed by atoms with Crippen molar-refractivity contribution in [3.05, 3.63) is 30.1 Å². The highest BCUT2D eigenvalue weighted by atomic mass is 16.5. The molecule has 2 aromatic heterocycles. The molecular weight excluding hydrogens is 264 g/mol. The number of ether oxygens (including phenoxy) is 1.